The van der Waals surface area contributed by atoms with Crippen molar-refractivity contribution in [2.45, 2.75) is 24.9 Å². The van der Waals surface area contributed by atoms with Crippen molar-refractivity contribution in [3.63, 3.8) is 0 Å². The second kappa shape index (κ2) is 8.49. The van der Waals surface area contributed by atoms with Gasteiger partial charge in [-0.25, -0.2) is 4.79 Å². The molecule has 0 spiro atoms. The lowest BCUT2D eigenvalue weighted by Crippen LogP contribution is -2.49. The maximum Gasteiger partial charge on any atom is 0.321 e. The van der Waals surface area contributed by atoms with Gasteiger partial charge in [-0.2, -0.15) is 0 Å². The maximum atomic E-state index is 12.3. The van der Waals surface area contributed by atoms with Gasteiger partial charge in [0.1, 0.15) is 6.04 Å². The van der Waals surface area contributed by atoms with E-state index in [0.717, 1.165) is 24.1 Å². The number of piperidine rings is 1. The predicted molar refractivity (Wildman–Crippen MR) is 102 cm³/mol. The molecule has 1 aliphatic heterocycles. The van der Waals surface area contributed by atoms with Crippen molar-refractivity contribution in [2.24, 2.45) is 5.73 Å². The van der Waals surface area contributed by atoms with Crippen molar-refractivity contribution in [2.75, 3.05) is 18.4 Å². The molecule has 1 atom stereocenters. The van der Waals surface area contributed by atoms with Crippen LogP contribution in [0.3, 0.4) is 0 Å². The zero-order chi connectivity index (χ0) is 18.4. The molecular weight excluding hydrogens is 328 g/mol. The monoisotopic (exact) mass is 352 g/mol. The van der Waals surface area contributed by atoms with Gasteiger partial charge >= 0.3 is 6.03 Å². The first-order chi connectivity index (χ1) is 12.6. The van der Waals surface area contributed by atoms with Gasteiger partial charge in [0.05, 0.1) is 0 Å². The number of urea groups is 1. The van der Waals surface area contributed by atoms with Gasteiger partial charge in [0.2, 0.25) is 5.91 Å². The third-order valence-electron chi connectivity index (χ3n) is 4.59. The van der Waals surface area contributed by atoms with Gasteiger partial charge in [-0.3, -0.25) is 4.79 Å². The zero-order valence-corrected chi connectivity index (χ0v) is 14.6. The number of anilines is 1. The van der Waals surface area contributed by atoms with E-state index < -0.39 is 6.04 Å². The molecule has 3 amide bonds. The molecule has 6 heteroatoms. The lowest BCUT2D eigenvalue weighted by molar-refractivity contribution is -0.123. The van der Waals surface area contributed by atoms with Crippen LogP contribution in [0.25, 0.3) is 0 Å². The van der Waals surface area contributed by atoms with E-state index >= 15 is 0 Å². The maximum absolute atomic E-state index is 12.3. The largest absolute Gasteiger partial charge is 0.352 e. The smallest absolute Gasteiger partial charge is 0.321 e. The van der Waals surface area contributed by atoms with Crippen molar-refractivity contribution in [3.8, 4) is 0 Å². The molecular formula is C20H24N4O2. The number of carbonyl (C=O) groups excluding carboxylic acids is 2. The number of hydrogen-bond acceptors (Lipinski definition) is 3. The van der Waals surface area contributed by atoms with Gasteiger partial charge in [0.15, 0.2) is 0 Å². The van der Waals surface area contributed by atoms with E-state index in [0.29, 0.717) is 13.1 Å². The Kier molecular flexibility index (Phi) is 5.86. The van der Waals surface area contributed by atoms with Crippen LogP contribution < -0.4 is 16.4 Å². The second-order valence-electron chi connectivity index (χ2n) is 6.45. The third kappa shape index (κ3) is 4.61. The summed E-state index contributed by atoms with van der Waals surface area (Å²) in [7, 11) is 0. The van der Waals surface area contributed by atoms with Crippen LogP contribution in [0.15, 0.2) is 60.7 Å². The van der Waals surface area contributed by atoms with Crippen molar-refractivity contribution < 1.29 is 9.59 Å². The molecule has 136 valence electrons. The fourth-order valence-corrected chi connectivity index (χ4v) is 3.05. The topological polar surface area (TPSA) is 87.5 Å². The van der Waals surface area contributed by atoms with Gasteiger partial charge in [0, 0.05) is 24.8 Å². The number of nitrogens with one attached hydrogen (secondary N) is 2. The van der Waals surface area contributed by atoms with Crippen LogP contribution >= 0.6 is 0 Å². The molecule has 0 saturated carbocycles. The average molecular weight is 352 g/mol. The van der Waals surface area contributed by atoms with Gasteiger partial charge in [0.25, 0.3) is 0 Å². The van der Waals surface area contributed by atoms with Crippen LogP contribution in [-0.2, 0) is 4.79 Å². The van der Waals surface area contributed by atoms with Gasteiger partial charge in [-0.15, -0.1) is 0 Å². The van der Waals surface area contributed by atoms with Crippen molar-refractivity contribution in [1.82, 2.24) is 10.2 Å². The SMILES string of the molecule is NC(C(=O)NC1CCN(C(=O)Nc2ccccc2)CC1)c1ccccc1. The average Bonchev–Trinajstić information content (AvgIpc) is 2.69. The van der Waals surface area contributed by atoms with Crippen LogP contribution in [0.5, 0.6) is 0 Å². The highest BCUT2D eigenvalue weighted by Gasteiger charge is 2.25. The normalized spacial score (nSPS) is 16.0. The van der Waals surface area contributed by atoms with E-state index in [2.05, 4.69) is 10.6 Å². The first kappa shape index (κ1) is 17.9. The summed E-state index contributed by atoms with van der Waals surface area (Å²) < 4.78 is 0. The molecule has 1 heterocycles. The Morgan fingerprint density at radius 1 is 0.962 bits per heavy atom. The molecule has 0 bridgehead atoms. The van der Waals surface area contributed by atoms with E-state index in [-0.39, 0.29) is 18.0 Å². The van der Waals surface area contributed by atoms with Crippen molar-refractivity contribution in [1.29, 1.82) is 0 Å². The summed E-state index contributed by atoms with van der Waals surface area (Å²) in [5, 5.41) is 5.89. The highest BCUT2D eigenvalue weighted by atomic mass is 16.2. The number of nitrogens with two attached hydrogens (primary N) is 1. The Balaban J connectivity index is 1.46. The van der Waals surface area contributed by atoms with E-state index in [9.17, 15) is 9.59 Å². The molecule has 1 fully saturated rings. The Morgan fingerprint density at radius 2 is 1.54 bits per heavy atom. The lowest BCUT2D eigenvalue weighted by Gasteiger charge is -2.32. The van der Waals surface area contributed by atoms with Crippen LogP contribution in [0.4, 0.5) is 10.5 Å². The molecule has 6 nitrogen and oxygen atoms in total. The molecule has 2 aromatic carbocycles. The van der Waals surface area contributed by atoms with E-state index in [1.54, 1.807) is 4.90 Å². The predicted octanol–water partition coefficient (Wildman–Crippen LogP) is 2.50. The number of likely N-dealkylation sites (tertiary alicyclic amines) is 1. The van der Waals surface area contributed by atoms with E-state index in [4.69, 9.17) is 5.73 Å². The summed E-state index contributed by atoms with van der Waals surface area (Å²) in [4.78, 5) is 26.4. The van der Waals surface area contributed by atoms with Gasteiger partial charge in [-0.05, 0) is 30.5 Å². The van der Waals surface area contributed by atoms with Gasteiger partial charge < -0.3 is 21.3 Å². The number of rotatable bonds is 4. The zero-order valence-electron chi connectivity index (χ0n) is 14.6. The molecule has 0 aliphatic carbocycles. The highest BCUT2D eigenvalue weighted by molar-refractivity contribution is 5.89. The van der Waals surface area contributed by atoms with Crippen molar-refractivity contribution in [3.05, 3.63) is 66.2 Å². The summed E-state index contributed by atoms with van der Waals surface area (Å²) in [6.45, 7) is 1.20. The molecule has 3 rings (SSSR count). The second-order valence-corrected chi connectivity index (χ2v) is 6.45. The summed E-state index contributed by atoms with van der Waals surface area (Å²) >= 11 is 0. The van der Waals surface area contributed by atoms with Crippen LogP contribution in [0.1, 0.15) is 24.4 Å². The van der Waals surface area contributed by atoms with E-state index in [1.807, 2.05) is 60.7 Å². The minimum Gasteiger partial charge on any atom is -0.352 e. The fraction of sp³-hybridized carbons (Fsp3) is 0.300. The molecule has 1 unspecified atom stereocenters. The summed E-state index contributed by atoms with van der Waals surface area (Å²) in [5.41, 5.74) is 7.61. The number of para-hydroxylation sites is 1. The number of benzene rings is 2. The summed E-state index contributed by atoms with van der Waals surface area (Å²) in [6.07, 6.45) is 1.44. The Bertz CT molecular complexity index is 728. The lowest BCUT2D eigenvalue weighted by atomic mass is 10.0. The molecule has 1 saturated heterocycles. The van der Waals surface area contributed by atoms with Crippen LogP contribution in [0, 0.1) is 0 Å². The van der Waals surface area contributed by atoms with E-state index in [1.165, 1.54) is 0 Å². The van der Waals surface area contributed by atoms with Crippen LogP contribution in [0.2, 0.25) is 0 Å². The molecule has 1 aliphatic rings. The molecule has 0 aromatic heterocycles. The summed E-state index contributed by atoms with van der Waals surface area (Å²) in [5.74, 6) is -0.177. The Morgan fingerprint density at radius 3 is 2.15 bits per heavy atom. The molecule has 0 radical (unpaired) electrons. The van der Waals surface area contributed by atoms with Gasteiger partial charge in [-0.1, -0.05) is 48.5 Å². The fourth-order valence-electron chi connectivity index (χ4n) is 3.05. The highest BCUT2D eigenvalue weighted by Crippen LogP contribution is 2.15. The summed E-state index contributed by atoms with van der Waals surface area (Å²) in [6, 6.07) is 18.0. The standard InChI is InChI=1S/C20H24N4O2/c21-18(15-7-3-1-4-8-15)19(25)22-17-11-13-24(14-12-17)20(26)23-16-9-5-2-6-10-16/h1-10,17-18H,11-14,21H2,(H,22,25)(H,23,26). The molecule has 26 heavy (non-hydrogen) atoms. The minimum absolute atomic E-state index is 0.0398. The number of carbonyl (C=O) groups is 2. The third-order valence-corrected chi connectivity index (χ3v) is 4.59. The first-order valence-corrected chi connectivity index (χ1v) is 8.85. The number of nitrogens with zero attached hydrogens (tertiary/aromatic N) is 1. The Hall–Kier alpha value is -2.86. The first-order valence-electron chi connectivity index (χ1n) is 8.85. The number of amides is 3. The molecule has 4 N–H and O–H groups in total. The van der Waals surface area contributed by atoms with Crippen molar-refractivity contribution >= 4 is 17.6 Å². The van der Waals surface area contributed by atoms with Crippen LogP contribution in [-0.4, -0.2) is 36.0 Å². The quantitative estimate of drug-likeness (QED) is 0.790. The Labute approximate surface area is 153 Å². The number of hydrogen-bond donors (Lipinski definition) is 3. The molecule has 2 aromatic rings. The minimum atomic E-state index is -0.671.